The molecule has 0 heterocycles. The van der Waals surface area contributed by atoms with E-state index in [0.29, 0.717) is 24.1 Å². The Morgan fingerprint density at radius 2 is 1.84 bits per heavy atom. The lowest BCUT2D eigenvalue weighted by Gasteiger charge is -2.20. The summed E-state index contributed by atoms with van der Waals surface area (Å²) in [6.45, 7) is -1.03. The molecule has 0 saturated heterocycles. The molecule has 0 saturated carbocycles. The van der Waals surface area contributed by atoms with Crippen molar-refractivity contribution < 1.29 is 18.3 Å². The number of amides is 1. The van der Waals surface area contributed by atoms with Crippen LogP contribution in [0, 0.1) is 0 Å². The zero-order chi connectivity index (χ0) is 18.2. The van der Waals surface area contributed by atoms with Crippen molar-refractivity contribution in [1.82, 2.24) is 5.32 Å². The van der Waals surface area contributed by atoms with Gasteiger partial charge in [0.25, 0.3) is 0 Å². The molecule has 3 N–H and O–H groups in total. The minimum absolute atomic E-state index is 0.0805. The third-order valence-electron chi connectivity index (χ3n) is 3.93. The van der Waals surface area contributed by atoms with Crippen LogP contribution in [0.2, 0.25) is 0 Å². The standard InChI is InChI=1S/C19H22F2N2O2/c1-2-16(14-8-4-6-10-17(14)25-19(20)21)23-18(24)12-11-13-7-3-5-9-15(13)22/h3-10,16,19H,2,11-12,22H2,1H3,(H,23,24). The summed E-state index contributed by atoms with van der Waals surface area (Å²) in [4.78, 5) is 12.3. The Hall–Kier alpha value is -2.63. The molecule has 0 aliphatic carbocycles. The number of nitrogen functional groups attached to an aromatic ring is 1. The summed E-state index contributed by atoms with van der Waals surface area (Å²) in [6, 6.07) is 13.5. The predicted molar refractivity (Wildman–Crippen MR) is 93.4 cm³/mol. The summed E-state index contributed by atoms with van der Waals surface area (Å²) in [5.41, 5.74) is 7.97. The van der Waals surface area contributed by atoms with Gasteiger partial charge in [-0.3, -0.25) is 4.79 Å². The zero-order valence-electron chi connectivity index (χ0n) is 14.0. The van der Waals surface area contributed by atoms with Gasteiger partial charge in [0.1, 0.15) is 5.75 Å². The lowest BCUT2D eigenvalue weighted by molar-refractivity contribution is -0.121. The van der Waals surface area contributed by atoms with Crippen molar-refractivity contribution in [3.8, 4) is 5.75 Å². The Morgan fingerprint density at radius 3 is 2.52 bits per heavy atom. The van der Waals surface area contributed by atoms with Crippen molar-refractivity contribution in [1.29, 1.82) is 0 Å². The number of halogens is 2. The van der Waals surface area contributed by atoms with Crippen LogP contribution in [0.1, 0.15) is 36.9 Å². The number of aryl methyl sites for hydroxylation is 1. The first-order chi connectivity index (χ1) is 12.0. The summed E-state index contributed by atoms with van der Waals surface area (Å²) in [7, 11) is 0. The molecular formula is C19H22F2N2O2. The lowest BCUT2D eigenvalue weighted by Crippen LogP contribution is -2.28. The van der Waals surface area contributed by atoms with E-state index in [-0.39, 0.29) is 18.1 Å². The van der Waals surface area contributed by atoms with Crippen LogP contribution in [0.15, 0.2) is 48.5 Å². The number of para-hydroxylation sites is 2. The summed E-state index contributed by atoms with van der Waals surface area (Å²) < 4.78 is 29.7. The molecule has 0 radical (unpaired) electrons. The van der Waals surface area contributed by atoms with Gasteiger partial charge in [-0.05, 0) is 30.5 Å². The summed E-state index contributed by atoms with van der Waals surface area (Å²) >= 11 is 0. The molecule has 25 heavy (non-hydrogen) atoms. The van der Waals surface area contributed by atoms with E-state index in [9.17, 15) is 13.6 Å². The van der Waals surface area contributed by atoms with Crippen molar-refractivity contribution in [2.24, 2.45) is 0 Å². The third-order valence-corrected chi connectivity index (χ3v) is 3.93. The Morgan fingerprint density at radius 1 is 1.16 bits per heavy atom. The molecule has 1 atom stereocenters. The number of benzene rings is 2. The van der Waals surface area contributed by atoms with Gasteiger partial charge in [0.2, 0.25) is 5.91 Å². The van der Waals surface area contributed by atoms with Crippen molar-refractivity contribution in [3.05, 3.63) is 59.7 Å². The summed E-state index contributed by atoms with van der Waals surface area (Å²) in [5, 5.41) is 2.88. The molecule has 1 amide bonds. The molecule has 0 aromatic heterocycles. The van der Waals surface area contributed by atoms with Crippen LogP contribution < -0.4 is 15.8 Å². The molecule has 0 aliphatic heterocycles. The van der Waals surface area contributed by atoms with Crippen LogP contribution in [0.4, 0.5) is 14.5 Å². The van der Waals surface area contributed by atoms with Crippen molar-refractivity contribution in [2.45, 2.75) is 38.8 Å². The predicted octanol–water partition coefficient (Wildman–Crippen LogP) is 4.07. The fraction of sp³-hybridized carbons (Fsp3) is 0.316. The monoisotopic (exact) mass is 348 g/mol. The van der Waals surface area contributed by atoms with Crippen LogP contribution in [0.5, 0.6) is 5.75 Å². The molecule has 6 heteroatoms. The van der Waals surface area contributed by atoms with E-state index >= 15 is 0 Å². The fourth-order valence-corrected chi connectivity index (χ4v) is 2.65. The number of alkyl halides is 2. The number of carbonyl (C=O) groups excluding carboxylic acids is 1. The van der Waals surface area contributed by atoms with Crippen molar-refractivity contribution >= 4 is 11.6 Å². The smallest absolute Gasteiger partial charge is 0.387 e. The Balaban J connectivity index is 2.02. The fourth-order valence-electron chi connectivity index (χ4n) is 2.65. The minimum atomic E-state index is -2.91. The highest BCUT2D eigenvalue weighted by Gasteiger charge is 2.18. The number of anilines is 1. The van der Waals surface area contributed by atoms with E-state index in [1.54, 1.807) is 24.3 Å². The average Bonchev–Trinajstić information content (AvgIpc) is 2.59. The number of rotatable bonds is 8. The Kier molecular flexibility index (Phi) is 6.74. The Labute approximate surface area is 146 Å². The number of carbonyl (C=O) groups is 1. The van der Waals surface area contributed by atoms with Gasteiger partial charge in [-0.15, -0.1) is 0 Å². The van der Waals surface area contributed by atoms with Crippen LogP contribution in [0.3, 0.4) is 0 Å². The maximum Gasteiger partial charge on any atom is 0.387 e. The van der Waals surface area contributed by atoms with Gasteiger partial charge in [-0.1, -0.05) is 43.3 Å². The largest absolute Gasteiger partial charge is 0.434 e. The van der Waals surface area contributed by atoms with Gasteiger partial charge in [-0.2, -0.15) is 8.78 Å². The van der Waals surface area contributed by atoms with Crippen LogP contribution in [-0.2, 0) is 11.2 Å². The second kappa shape index (κ2) is 9.01. The van der Waals surface area contributed by atoms with E-state index in [1.807, 2.05) is 25.1 Å². The van der Waals surface area contributed by atoms with E-state index in [1.165, 1.54) is 6.07 Å². The topological polar surface area (TPSA) is 64.4 Å². The van der Waals surface area contributed by atoms with Gasteiger partial charge in [0, 0.05) is 17.7 Å². The van der Waals surface area contributed by atoms with Gasteiger partial charge in [0.15, 0.2) is 0 Å². The number of hydrogen-bond donors (Lipinski definition) is 2. The third kappa shape index (κ3) is 5.45. The van der Waals surface area contributed by atoms with Gasteiger partial charge >= 0.3 is 6.61 Å². The van der Waals surface area contributed by atoms with Crippen molar-refractivity contribution in [2.75, 3.05) is 5.73 Å². The number of ether oxygens (including phenoxy) is 1. The molecule has 0 spiro atoms. The molecule has 4 nitrogen and oxygen atoms in total. The molecule has 2 aromatic rings. The van der Waals surface area contributed by atoms with E-state index < -0.39 is 12.7 Å². The number of nitrogens with two attached hydrogens (primary N) is 1. The summed E-state index contributed by atoms with van der Waals surface area (Å²) in [6.07, 6.45) is 1.34. The first-order valence-electron chi connectivity index (χ1n) is 8.17. The first-order valence-corrected chi connectivity index (χ1v) is 8.17. The first kappa shape index (κ1) is 18.7. The maximum atomic E-state index is 12.6. The van der Waals surface area contributed by atoms with Gasteiger partial charge in [-0.25, -0.2) is 0 Å². The van der Waals surface area contributed by atoms with Crippen LogP contribution in [0.25, 0.3) is 0 Å². The summed E-state index contributed by atoms with van der Waals surface area (Å²) in [5.74, 6) is -0.0843. The number of hydrogen-bond acceptors (Lipinski definition) is 3. The second-order valence-corrected chi connectivity index (χ2v) is 5.64. The molecule has 134 valence electrons. The highest BCUT2D eigenvalue weighted by molar-refractivity contribution is 5.77. The maximum absolute atomic E-state index is 12.6. The van der Waals surface area contributed by atoms with E-state index in [4.69, 9.17) is 5.73 Å². The highest BCUT2D eigenvalue weighted by Crippen LogP contribution is 2.28. The normalized spacial score (nSPS) is 12.0. The molecule has 0 aliphatic rings. The highest BCUT2D eigenvalue weighted by atomic mass is 19.3. The van der Waals surface area contributed by atoms with Gasteiger partial charge < -0.3 is 15.8 Å². The van der Waals surface area contributed by atoms with Crippen LogP contribution in [-0.4, -0.2) is 12.5 Å². The molecule has 0 bridgehead atoms. The quantitative estimate of drug-likeness (QED) is 0.707. The Bertz CT molecular complexity index is 707. The van der Waals surface area contributed by atoms with Crippen molar-refractivity contribution in [3.63, 3.8) is 0 Å². The average molecular weight is 348 g/mol. The lowest BCUT2D eigenvalue weighted by atomic mass is 10.0. The molecule has 0 fully saturated rings. The van der Waals surface area contributed by atoms with Gasteiger partial charge in [0.05, 0.1) is 6.04 Å². The molecule has 2 rings (SSSR count). The second-order valence-electron chi connectivity index (χ2n) is 5.64. The number of nitrogens with one attached hydrogen (secondary N) is 1. The zero-order valence-corrected chi connectivity index (χ0v) is 14.0. The van der Waals surface area contributed by atoms with Crippen LogP contribution >= 0.6 is 0 Å². The molecule has 1 unspecified atom stereocenters. The molecule has 2 aromatic carbocycles. The SMILES string of the molecule is CCC(NC(=O)CCc1ccccc1N)c1ccccc1OC(F)F. The van der Waals surface area contributed by atoms with E-state index in [0.717, 1.165) is 5.56 Å². The van der Waals surface area contributed by atoms with E-state index in [2.05, 4.69) is 10.1 Å². The minimum Gasteiger partial charge on any atom is -0.434 e. The molecular weight excluding hydrogens is 326 g/mol.